The summed E-state index contributed by atoms with van der Waals surface area (Å²) in [6.07, 6.45) is -0.0980. The van der Waals surface area contributed by atoms with Crippen molar-refractivity contribution in [3.63, 3.8) is 0 Å². The van der Waals surface area contributed by atoms with E-state index in [1.165, 1.54) is 12.0 Å². The molecule has 0 aliphatic carbocycles. The molecule has 1 aliphatic heterocycles. The van der Waals surface area contributed by atoms with Crippen molar-refractivity contribution in [3.8, 4) is 5.75 Å². The van der Waals surface area contributed by atoms with E-state index in [0.29, 0.717) is 18.0 Å². The van der Waals surface area contributed by atoms with Crippen LogP contribution in [0.5, 0.6) is 5.75 Å². The third kappa shape index (κ3) is 3.99. The minimum absolute atomic E-state index is 0.0980. The molecule has 1 aliphatic rings. The van der Waals surface area contributed by atoms with Crippen LogP contribution in [0.25, 0.3) is 0 Å². The molecule has 0 saturated heterocycles. The molecular formula is C18H22N2O5. The van der Waals surface area contributed by atoms with Gasteiger partial charge in [-0.15, -0.1) is 0 Å². The molecule has 2 amide bonds. The summed E-state index contributed by atoms with van der Waals surface area (Å²) in [6, 6.07) is 7.40. The fraction of sp³-hybridized carbons (Fsp3) is 0.389. The molecule has 1 aromatic rings. The Morgan fingerprint density at radius 1 is 1.24 bits per heavy atom. The van der Waals surface area contributed by atoms with Crippen LogP contribution in [-0.4, -0.2) is 44.0 Å². The van der Waals surface area contributed by atoms with Crippen molar-refractivity contribution >= 4 is 17.8 Å². The maximum atomic E-state index is 12.5. The number of carbonyl (C=O) groups excluding carboxylic acids is 3. The summed E-state index contributed by atoms with van der Waals surface area (Å²) in [5.74, 6) is -1.35. The Hall–Kier alpha value is -2.83. The van der Waals surface area contributed by atoms with Gasteiger partial charge in [0.15, 0.2) is 0 Å². The molecule has 0 aromatic heterocycles. The zero-order valence-electron chi connectivity index (χ0n) is 14.8. The van der Waals surface area contributed by atoms with Gasteiger partial charge in [0.25, 0.3) is 0 Å². The molecule has 134 valence electrons. The molecule has 0 radical (unpaired) electrons. The van der Waals surface area contributed by atoms with Crippen molar-refractivity contribution in [2.45, 2.75) is 19.9 Å². The Balaban J connectivity index is 2.10. The van der Waals surface area contributed by atoms with Crippen LogP contribution in [0, 0.1) is 5.92 Å². The van der Waals surface area contributed by atoms with E-state index in [-0.39, 0.29) is 23.8 Å². The third-order valence-corrected chi connectivity index (χ3v) is 4.19. The normalized spacial score (nSPS) is 16.5. The van der Waals surface area contributed by atoms with Crippen molar-refractivity contribution in [1.82, 2.24) is 10.2 Å². The Kier molecular flexibility index (Phi) is 5.80. The maximum Gasteiger partial charge on any atom is 0.336 e. The van der Waals surface area contributed by atoms with Crippen LogP contribution in [0.4, 0.5) is 0 Å². The smallest absolute Gasteiger partial charge is 0.336 e. The van der Waals surface area contributed by atoms with E-state index in [1.54, 1.807) is 21.1 Å². The predicted molar refractivity (Wildman–Crippen MR) is 90.4 cm³/mol. The summed E-state index contributed by atoms with van der Waals surface area (Å²) in [5, 5.41) is 2.59. The number of methoxy groups -OCH3 is 2. The van der Waals surface area contributed by atoms with Crippen molar-refractivity contribution < 1.29 is 23.9 Å². The fourth-order valence-corrected chi connectivity index (χ4v) is 2.84. The van der Waals surface area contributed by atoms with Crippen LogP contribution in [-0.2, 0) is 25.7 Å². The number of nitrogens with zero attached hydrogens (tertiary/aromatic N) is 1. The van der Waals surface area contributed by atoms with Gasteiger partial charge in [0.2, 0.25) is 11.8 Å². The van der Waals surface area contributed by atoms with Gasteiger partial charge >= 0.3 is 5.97 Å². The number of rotatable bonds is 6. The summed E-state index contributed by atoms with van der Waals surface area (Å²) in [7, 11) is 4.47. The SMILES string of the molecule is COC(=O)C1=C(C)NC(=O)[C@H]1CC(=O)N(C)Cc1ccccc1OC. The predicted octanol–water partition coefficient (Wildman–Crippen LogP) is 1.24. The second-order valence-corrected chi connectivity index (χ2v) is 5.84. The molecule has 0 spiro atoms. The Bertz CT molecular complexity index is 726. The number of amides is 2. The number of esters is 1. The first kappa shape index (κ1) is 18.5. The summed E-state index contributed by atoms with van der Waals surface area (Å²) in [6.45, 7) is 1.96. The minimum atomic E-state index is -0.833. The standard InChI is InChI=1S/C18H22N2O5/c1-11-16(18(23)25-4)13(17(22)19-11)9-15(21)20(2)10-12-7-5-6-8-14(12)24-3/h5-8,13H,9-10H2,1-4H3,(H,19,22)/t13-/m0/s1. The zero-order valence-corrected chi connectivity index (χ0v) is 14.8. The van der Waals surface area contributed by atoms with E-state index in [0.717, 1.165) is 5.56 Å². The molecule has 25 heavy (non-hydrogen) atoms. The van der Waals surface area contributed by atoms with Gasteiger partial charge in [-0.1, -0.05) is 18.2 Å². The molecule has 1 aromatic carbocycles. The molecule has 1 atom stereocenters. The first-order valence-electron chi connectivity index (χ1n) is 7.84. The fourth-order valence-electron chi connectivity index (χ4n) is 2.84. The number of carbonyl (C=O) groups is 3. The van der Waals surface area contributed by atoms with E-state index in [4.69, 9.17) is 9.47 Å². The average molecular weight is 346 g/mol. The minimum Gasteiger partial charge on any atom is -0.496 e. The number of ether oxygens (including phenoxy) is 2. The van der Waals surface area contributed by atoms with Crippen LogP contribution >= 0.6 is 0 Å². The molecule has 0 saturated carbocycles. The lowest BCUT2D eigenvalue weighted by Crippen LogP contribution is -2.32. The van der Waals surface area contributed by atoms with Gasteiger partial charge in [0, 0.05) is 31.3 Å². The molecule has 2 rings (SSSR count). The van der Waals surface area contributed by atoms with Gasteiger partial charge in [-0.3, -0.25) is 9.59 Å². The van der Waals surface area contributed by atoms with E-state index < -0.39 is 11.9 Å². The van der Waals surface area contributed by atoms with Gasteiger partial charge in [-0.05, 0) is 13.0 Å². The number of para-hydroxylation sites is 1. The average Bonchev–Trinajstić information content (AvgIpc) is 2.88. The molecule has 1 N–H and O–H groups in total. The van der Waals surface area contributed by atoms with Gasteiger partial charge in [0.1, 0.15) is 5.75 Å². The number of hydrogen-bond acceptors (Lipinski definition) is 5. The highest BCUT2D eigenvalue weighted by Crippen LogP contribution is 2.27. The summed E-state index contributed by atoms with van der Waals surface area (Å²) in [5.41, 5.74) is 1.50. The Morgan fingerprint density at radius 3 is 2.56 bits per heavy atom. The Morgan fingerprint density at radius 2 is 1.92 bits per heavy atom. The molecule has 1 heterocycles. The Labute approximate surface area is 146 Å². The van der Waals surface area contributed by atoms with Crippen LogP contribution in [0.15, 0.2) is 35.5 Å². The van der Waals surface area contributed by atoms with Crippen LogP contribution in [0.1, 0.15) is 18.9 Å². The highest BCUT2D eigenvalue weighted by molar-refractivity contribution is 6.03. The van der Waals surface area contributed by atoms with Crippen molar-refractivity contribution in [2.75, 3.05) is 21.3 Å². The summed E-state index contributed by atoms with van der Waals surface area (Å²) < 4.78 is 10.0. The topological polar surface area (TPSA) is 84.9 Å². The molecule has 0 fully saturated rings. The largest absolute Gasteiger partial charge is 0.496 e. The second-order valence-electron chi connectivity index (χ2n) is 5.84. The van der Waals surface area contributed by atoms with E-state index in [1.807, 2.05) is 24.3 Å². The van der Waals surface area contributed by atoms with E-state index >= 15 is 0 Å². The number of allylic oxidation sites excluding steroid dienone is 1. The van der Waals surface area contributed by atoms with Gasteiger partial charge in [0.05, 0.1) is 25.7 Å². The molecule has 7 heteroatoms. The van der Waals surface area contributed by atoms with Gasteiger partial charge < -0.3 is 19.7 Å². The summed E-state index contributed by atoms with van der Waals surface area (Å²) in [4.78, 5) is 38.0. The lowest BCUT2D eigenvalue weighted by atomic mass is 9.96. The van der Waals surface area contributed by atoms with Crippen molar-refractivity contribution in [3.05, 3.63) is 41.1 Å². The lowest BCUT2D eigenvalue weighted by molar-refractivity contribution is -0.139. The first-order chi connectivity index (χ1) is 11.9. The first-order valence-corrected chi connectivity index (χ1v) is 7.84. The molecule has 7 nitrogen and oxygen atoms in total. The zero-order chi connectivity index (χ0) is 18.6. The number of nitrogens with one attached hydrogen (secondary N) is 1. The van der Waals surface area contributed by atoms with Crippen molar-refractivity contribution in [1.29, 1.82) is 0 Å². The monoisotopic (exact) mass is 346 g/mol. The highest BCUT2D eigenvalue weighted by Gasteiger charge is 2.38. The second kappa shape index (κ2) is 7.83. The van der Waals surface area contributed by atoms with E-state index in [9.17, 15) is 14.4 Å². The van der Waals surface area contributed by atoms with Gasteiger partial charge in [-0.2, -0.15) is 0 Å². The van der Waals surface area contributed by atoms with Crippen LogP contribution in [0.2, 0.25) is 0 Å². The molecule has 0 bridgehead atoms. The molecule has 0 unspecified atom stereocenters. The number of hydrogen-bond donors (Lipinski definition) is 1. The van der Waals surface area contributed by atoms with Crippen LogP contribution in [0.3, 0.4) is 0 Å². The highest BCUT2D eigenvalue weighted by atomic mass is 16.5. The quantitative estimate of drug-likeness (QED) is 0.783. The van der Waals surface area contributed by atoms with Crippen molar-refractivity contribution in [2.24, 2.45) is 5.92 Å². The van der Waals surface area contributed by atoms with E-state index in [2.05, 4.69) is 5.32 Å². The summed E-state index contributed by atoms with van der Waals surface area (Å²) >= 11 is 0. The lowest BCUT2D eigenvalue weighted by Gasteiger charge is -2.20. The van der Waals surface area contributed by atoms with Crippen LogP contribution < -0.4 is 10.1 Å². The maximum absolute atomic E-state index is 12.5. The molecular weight excluding hydrogens is 324 g/mol. The third-order valence-electron chi connectivity index (χ3n) is 4.19. The number of benzene rings is 1. The van der Waals surface area contributed by atoms with Gasteiger partial charge in [-0.25, -0.2) is 4.79 Å².